The summed E-state index contributed by atoms with van der Waals surface area (Å²) in [4.78, 5) is 21.9. The Balaban J connectivity index is 1.86. The van der Waals surface area contributed by atoms with Crippen LogP contribution in [-0.2, 0) is 11.3 Å². The van der Waals surface area contributed by atoms with Gasteiger partial charge in [-0.05, 0) is 30.2 Å². The second kappa shape index (κ2) is 7.48. The fraction of sp³-hybridized carbons (Fsp3) is 0.350. The van der Waals surface area contributed by atoms with Crippen LogP contribution in [0.25, 0.3) is 11.0 Å². The van der Waals surface area contributed by atoms with Crippen molar-refractivity contribution in [1.29, 1.82) is 5.26 Å². The molecule has 148 valence electrons. The lowest BCUT2D eigenvalue weighted by Crippen LogP contribution is -2.28. The van der Waals surface area contributed by atoms with Crippen LogP contribution in [0.5, 0.6) is 0 Å². The molecular formula is C20H22N8O. The highest BCUT2D eigenvalue weighted by molar-refractivity contribution is 6.06. The smallest absolute Gasteiger partial charge is 0.241 e. The first kappa shape index (κ1) is 18.8. The molecule has 1 amide bonds. The highest BCUT2D eigenvalue weighted by Gasteiger charge is 2.35. The van der Waals surface area contributed by atoms with Crippen molar-refractivity contribution in [1.82, 2.24) is 19.7 Å². The van der Waals surface area contributed by atoms with Crippen molar-refractivity contribution in [2.45, 2.75) is 38.6 Å². The molecule has 29 heavy (non-hydrogen) atoms. The van der Waals surface area contributed by atoms with E-state index in [0.717, 1.165) is 31.4 Å². The molecule has 0 radical (unpaired) electrons. The number of hydrogen-bond acceptors (Lipinski definition) is 7. The Morgan fingerprint density at radius 1 is 1.34 bits per heavy atom. The lowest BCUT2D eigenvalue weighted by molar-refractivity contribution is -0.116. The molecule has 0 aliphatic carbocycles. The highest BCUT2D eigenvalue weighted by Crippen LogP contribution is 2.39. The van der Waals surface area contributed by atoms with Crippen LogP contribution in [-0.4, -0.2) is 32.7 Å². The van der Waals surface area contributed by atoms with Gasteiger partial charge >= 0.3 is 0 Å². The molecule has 1 atom stereocenters. The summed E-state index contributed by atoms with van der Waals surface area (Å²) < 4.78 is 1.85. The van der Waals surface area contributed by atoms with Crippen molar-refractivity contribution in [3.05, 3.63) is 41.2 Å². The Kier molecular flexibility index (Phi) is 4.86. The minimum Gasteiger partial charge on any atom is -0.325 e. The number of carbonyl (C=O) groups excluding carboxylic acids is 1. The minimum absolute atomic E-state index is 0.195. The summed E-state index contributed by atoms with van der Waals surface area (Å²) in [6, 6.07) is 7.28. The summed E-state index contributed by atoms with van der Waals surface area (Å²) in [6.45, 7) is 2.92. The average molecular weight is 390 g/mol. The lowest BCUT2D eigenvalue weighted by atomic mass is 9.94. The van der Waals surface area contributed by atoms with E-state index in [4.69, 9.17) is 5.84 Å². The first-order valence-electron chi connectivity index (χ1n) is 9.60. The zero-order valence-electron chi connectivity index (χ0n) is 16.4. The monoisotopic (exact) mass is 390 g/mol. The summed E-state index contributed by atoms with van der Waals surface area (Å²) in [6.07, 6.45) is 5.13. The normalized spacial score (nSPS) is 15.2. The molecule has 1 aliphatic rings. The van der Waals surface area contributed by atoms with E-state index in [0.29, 0.717) is 28.0 Å². The number of nitrogens with two attached hydrogens (primary N) is 1. The Morgan fingerprint density at radius 2 is 2.17 bits per heavy atom. The first-order chi connectivity index (χ1) is 14.0. The van der Waals surface area contributed by atoms with Crippen molar-refractivity contribution in [3.8, 4) is 6.07 Å². The molecule has 3 aromatic rings. The topological polar surface area (TPSA) is 126 Å². The van der Waals surface area contributed by atoms with Gasteiger partial charge in [0.15, 0.2) is 5.65 Å². The fourth-order valence-corrected chi connectivity index (χ4v) is 3.58. The number of nitrogens with zero attached hydrogens (tertiary/aromatic N) is 6. The van der Waals surface area contributed by atoms with Crippen LogP contribution in [0.1, 0.15) is 48.9 Å². The molecule has 3 N–H and O–H groups in total. The zero-order chi connectivity index (χ0) is 20.5. The van der Waals surface area contributed by atoms with Crippen molar-refractivity contribution >= 4 is 28.6 Å². The van der Waals surface area contributed by atoms with E-state index >= 15 is 0 Å². The van der Waals surface area contributed by atoms with Gasteiger partial charge in [-0.2, -0.15) is 15.3 Å². The number of amides is 1. The molecule has 0 bridgehead atoms. The minimum atomic E-state index is -0.657. The van der Waals surface area contributed by atoms with E-state index in [1.54, 1.807) is 25.2 Å². The van der Waals surface area contributed by atoms with Gasteiger partial charge in [-0.1, -0.05) is 19.8 Å². The number of anilines is 2. The van der Waals surface area contributed by atoms with Gasteiger partial charge in [0, 0.05) is 25.5 Å². The maximum Gasteiger partial charge on any atom is 0.241 e. The van der Waals surface area contributed by atoms with E-state index in [1.165, 1.54) is 5.01 Å². The van der Waals surface area contributed by atoms with Crippen LogP contribution >= 0.6 is 0 Å². The molecular weight excluding hydrogens is 368 g/mol. The molecule has 1 aromatic carbocycles. The predicted molar refractivity (Wildman–Crippen MR) is 109 cm³/mol. The van der Waals surface area contributed by atoms with Gasteiger partial charge in [0.05, 0.1) is 22.7 Å². The first-order valence-corrected chi connectivity index (χ1v) is 9.60. The van der Waals surface area contributed by atoms with E-state index in [1.807, 2.05) is 10.9 Å². The molecule has 9 nitrogen and oxygen atoms in total. The van der Waals surface area contributed by atoms with Crippen LogP contribution in [0.4, 0.5) is 11.6 Å². The molecule has 0 spiro atoms. The van der Waals surface area contributed by atoms with Crippen LogP contribution in [0, 0.1) is 11.3 Å². The van der Waals surface area contributed by atoms with E-state index in [9.17, 15) is 10.1 Å². The summed E-state index contributed by atoms with van der Waals surface area (Å²) in [5.41, 5.74) is 2.93. The Morgan fingerprint density at radius 3 is 2.90 bits per heavy atom. The third kappa shape index (κ3) is 3.39. The van der Waals surface area contributed by atoms with Crippen molar-refractivity contribution < 1.29 is 4.79 Å². The number of aryl methyl sites for hydroxylation is 1. The van der Waals surface area contributed by atoms with Crippen molar-refractivity contribution in [2.75, 3.05) is 17.4 Å². The Bertz CT molecular complexity index is 1130. The van der Waals surface area contributed by atoms with Crippen LogP contribution in [0.15, 0.2) is 24.4 Å². The number of benzene rings is 1. The third-order valence-corrected chi connectivity index (χ3v) is 5.04. The molecule has 1 aliphatic heterocycles. The third-order valence-electron chi connectivity index (χ3n) is 5.04. The summed E-state index contributed by atoms with van der Waals surface area (Å²) in [5.74, 6) is 5.31. The number of carbonyl (C=O) groups is 1. The highest BCUT2D eigenvalue weighted by atomic mass is 16.2. The number of hydrogen-bond donors (Lipinski definition) is 2. The van der Waals surface area contributed by atoms with Gasteiger partial charge in [-0.15, -0.1) is 0 Å². The van der Waals surface area contributed by atoms with E-state index in [-0.39, 0.29) is 11.9 Å². The number of fused-ring (bicyclic) bond motifs is 2. The molecule has 0 saturated heterocycles. The predicted octanol–water partition coefficient (Wildman–Crippen LogP) is 2.28. The molecule has 0 fully saturated rings. The largest absolute Gasteiger partial charge is 0.325 e. The summed E-state index contributed by atoms with van der Waals surface area (Å²) >= 11 is 0. The summed E-state index contributed by atoms with van der Waals surface area (Å²) in [7, 11) is 1.64. The van der Waals surface area contributed by atoms with Gasteiger partial charge in [-0.25, -0.2) is 10.8 Å². The number of nitriles is 1. The Hall–Kier alpha value is -3.51. The van der Waals surface area contributed by atoms with Crippen molar-refractivity contribution in [2.24, 2.45) is 5.84 Å². The molecule has 0 saturated carbocycles. The Labute approximate surface area is 168 Å². The van der Waals surface area contributed by atoms with Gasteiger partial charge in [0.1, 0.15) is 5.92 Å². The fourth-order valence-electron chi connectivity index (χ4n) is 3.58. The van der Waals surface area contributed by atoms with Crippen LogP contribution < -0.4 is 16.2 Å². The number of nitrogens with one attached hydrogen (secondary N) is 1. The lowest BCUT2D eigenvalue weighted by Gasteiger charge is -2.14. The molecule has 2 aromatic heterocycles. The zero-order valence-corrected chi connectivity index (χ0v) is 16.4. The van der Waals surface area contributed by atoms with E-state index < -0.39 is 5.92 Å². The summed E-state index contributed by atoms with van der Waals surface area (Å²) in [5, 5.41) is 18.7. The molecule has 3 heterocycles. The maximum atomic E-state index is 12.8. The second-order valence-electron chi connectivity index (χ2n) is 7.19. The average Bonchev–Trinajstić information content (AvgIpc) is 3.26. The molecule has 1 unspecified atom stereocenters. The second-order valence-corrected chi connectivity index (χ2v) is 7.19. The standard InChI is InChI=1S/C20H22N8O/c1-3-4-5-8-28-11-14-17(24-20(27(2)22)25-18(14)26-28)16-13-9-12(10-21)6-7-15(13)23-19(16)29/h6-7,9,11,16H,3-5,8,22H2,1-2H3,(H,23,29). The van der Waals surface area contributed by atoms with Gasteiger partial charge in [0.25, 0.3) is 0 Å². The van der Waals surface area contributed by atoms with Crippen LogP contribution in [0.2, 0.25) is 0 Å². The van der Waals surface area contributed by atoms with Gasteiger partial charge in [-0.3, -0.25) is 14.5 Å². The van der Waals surface area contributed by atoms with Crippen molar-refractivity contribution in [3.63, 3.8) is 0 Å². The maximum absolute atomic E-state index is 12.8. The van der Waals surface area contributed by atoms with E-state index in [2.05, 4.69) is 33.4 Å². The number of aromatic nitrogens is 4. The number of rotatable bonds is 6. The number of unbranched alkanes of at least 4 members (excludes halogenated alkanes) is 2. The van der Waals surface area contributed by atoms with Gasteiger partial charge < -0.3 is 5.32 Å². The molecule has 4 rings (SSSR count). The molecule has 9 heteroatoms. The van der Waals surface area contributed by atoms with Crippen LogP contribution in [0.3, 0.4) is 0 Å². The number of hydrazine groups is 1. The van der Waals surface area contributed by atoms with Gasteiger partial charge in [0.2, 0.25) is 11.9 Å². The quantitative estimate of drug-likeness (QED) is 0.376. The SMILES string of the molecule is CCCCCn1cc2c(C3C(=O)Nc4ccc(C#N)cc43)nc(N(C)N)nc2n1.